The summed E-state index contributed by atoms with van der Waals surface area (Å²) in [5.41, 5.74) is -2.19. The molecule has 5 aromatic rings. The second-order valence-corrected chi connectivity index (χ2v) is 14.3. The number of nitrogens with zero attached hydrogens (tertiary/aromatic N) is 5. The number of aromatic amines is 1. The molecule has 5 rings (SSSR count). The fourth-order valence-electron chi connectivity index (χ4n) is 4.68. The number of hydrogen-bond acceptors (Lipinski definition) is 16. The first-order valence-electron chi connectivity index (χ1n) is 13.3. The summed E-state index contributed by atoms with van der Waals surface area (Å²) in [6, 6.07) is 9.49. The van der Waals surface area contributed by atoms with Crippen LogP contribution in [0.25, 0.3) is 21.5 Å². The zero-order chi connectivity index (χ0) is 35.3. The summed E-state index contributed by atoms with van der Waals surface area (Å²) in [7, 11) is -14.2. The van der Waals surface area contributed by atoms with Crippen molar-refractivity contribution >= 4 is 74.9 Å². The molecule has 1 aromatic heterocycles. The van der Waals surface area contributed by atoms with Gasteiger partial charge in [-0.25, -0.2) is 21.6 Å². The van der Waals surface area contributed by atoms with Crippen molar-refractivity contribution in [3.8, 4) is 11.8 Å². The zero-order valence-corrected chi connectivity index (χ0v) is 36.1. The number of ether oxygens (including phenoxy) is 1. The van der Waals surface area contributed by atoms with Crippen LogP contribution < -0.4 is 109 Å². The van der Waals surface area contributed by atoms with Crippen molar-refractivity contribution in [1.29, 1.82) is 0 Å². The summed E-state index contributed by atoms with van der Waals surface area (Å²) < 4.78 is 112. The first-order chi connectivity index (χ1) is 22.3. The van der Waals surface area contributed by atoms with Crippen molar-refractivity contribution in [2.75, 3.05) is 11.9 Å². The number of hydrogen-bond donors (Lipinski definition) is 2. The van der Waals surface area contributed by atoms with Gasteiger partial charge in [-0.15, -0.1) is 15.2 Å². The van der Waals surface area contributed by atoms with Crippen molar-refractivity contribution in [2.45, 2.75) is 34.6 Å². The molecule has 0 aliphatic carbocycles. The van der Waals surface area contributed by atoms with Gasteiger partial charge in [0, 0.05) is 23.5 Å². The van der Waals surface area contributed by atoms with E-state index in [1.165, 1.54) is 30.1 Å². The van der Waals surface area contributed by atoms with Crippen LogP contribution in [0.1, 0.15) is 13.8 Å². The molecule has 1 heterocycles. The number of nitrogens with one attached hydrogen (secondary N) is 1. The number of fused-ring (bicyclic) bond motifs is 2. The summed E-state index contributed by atoms with van der Waals surface area (Å²) in [4.78, 5) is 20.7. The molecule has 51 heavy (non-hydrogen) atoms. The normalized spacial score (nSPS) is 12.0. The van der Waals surface area contributed by atoms with Crippen LogP contribution in [-0.2, 0) is 30.4 Å². The maximum absolute atomic E-state index is 13.5. The van der Waals surface area contributed by atoms with Crippen molar-refractivity contribution in [3.63, 3.8) is 0 Å². The Bertz CT molecular complexity index is 2570. The molecule has 252 valence electrons. The van der Waals surface area contributed by atoms with E-state index in [-0.39, 0.29) is 129 Å². The molecule has 0 saturated heterocycles. The van der Waals surface area contributed by atoms with Crippen molar-refractivity contribution in [1.82, 2.24) is 15.0 Å². The van der Waals surface area contributed by atoms with Gasteiger partial charge in [-0.2, -0.15) is 13.4 Å². The third-order valence-electron chi connectivity index (χ3n) is 6.68. The van der Waals surface area contributed by atoms with E-state index < -0.39 is 73.2 Å². The van der Waals surface area contributed by atoms with E-state index in [9.17, 15) is 48.8 Å². The molecular weight excluding hydrogens is 765 g/mol. The van der Waals surface area contributed by atoms with Crippen LogP contribution in [-0.4, -0.2) is 67.0 Å². The molecule has 18 nitrogen and oxygen atoms in total. The standard InChI is InChI=1S/C27H24N6O12S3.3Na/c1-13(2)45-27-29-25(28-26(35)30-27)33(3)15-7-8-16-14(11-15)12-21(47(39,40)41)22(23(16)34)32-31-19-10-9-17-18(24(19)48(42,43)44)5-4-6-20(17)46(36,37)38;;;/h4-13,34H,1-3H3,(H,36,37,38)(H,39,40,41)(H,42,43,44)(H,28,29,30,35);;;/q;3*+1/p-3. The number of H-pyrrole nitrogens is 1. The van der Waals surface area contributed by atoms with Gasteiger partial charge in [0.15, 0.2) is 0 Å². The molecule has 0 amide bonds. The first-order valence-corrected chi connectivity index (χ1v) is 17.5. The van der Waals surface area contributed by atoms with Gasteiger partial charge >= 0.3 is 100 Å². The number of aromatic nitrogens is 3. The van der Waals surface area contributed by atoms with E-state index >= 15 is 0 Å². The van der Waals surface area contributed by atoms with Crippen molar-refractivity contribution in [2.24, 2.45) is 10.2 Å². The SMILES string of the molecule is CC(C)Oc1nc(N(C)c2ccc3c([O-])c(N=Nc4ccc5c(S(=O)(=O)[O-])cccc5c4S(=O)(=O)O)c(S(=O)(=O)[O-])cc3c2)[nH]c(=O)n1.[Na+].[Na+].[Na+]. The van der Waals surface area contributed by atoms with Gasteiger partial charge < -0.3 is 23.8 Å². The monoisotopic (exact) mass is 786 g/mol. The predicted molar refractivity (Wildman–Crippen MR) is 164 cm³/mol. The Hall–Kier alpha value is -2.06. The van der Waals surface area contributed by atoms with Crippen LogP contribution >= 0.6 is 0 Å². The summed E-state index contributed by atoms with van der Waals surface area (Å²) in [5.74, 6) is -1.13. The topological polar surface area (TPSA) is 288 Å². The van der Waals surface area contributed by atoms with Crippen molar-refractivity contribution in [3.05, 3.63) is 65.1 Å². The molecule has 0 aliphatic heterocycles. The van der Waals surface area contributed by atoms with Crippen LogP contribution in [0.3, 0.4) is 0 Å². The molecule has 0 radical (unpaired) electrons. The maximum Gasteiger partial charge on any atom is 1.00 e. The predicted octanol–water partition coefficient (Wildman–Crippen LogP) is -6.42. The molecule has 0 unspecified atom stereocenters. The van der Waals surface area contributed by atoms with E-state index in [1.807, 2.05) is 0 Å². The van der Waals surface area contributed by atoms with Crippen LogP contribution in [0.4, 0.5) is 23.0 Å². The quantitative estimate of drug-likeness (QED) is 0.0798. The average molecular weight is 787 g/mol. The Kier molecular flexibility index (Phi) is 15.0. The Morgan fingerprint density at radius 3 is 2.06 bits per heavy atom. The molecule has 0 spiro atoms. The molecule has 4 aromatic carbocycles. The van der Waals surface area contributed by atoms with Gasteiger partial charge in [0.25, 0.3) is 10.1 Å². The van der Waals surface area contributed by atoms with Gasteiger partial charge in [0.05, 0.1) is 21.6 Å². The van der Waals surface area contributed by atoms with Gasteiger partial charge in [0.2, 0.25) is 5.95 Å². The van der Waals surface area contributed by atoms with E-state index in [2.05, 4.69) is 25.2 Å². The van der Waals surface area contributed by atoms with Gasteiger partial charge in [-0.1, -0.05) is 30.0 Å². The fraction of sp³-hybridized carbons (Fsp3) is 0.148. The number of azo groups is 1. The largest absolute Gasteiger partial charge is 1.00 e. The van der Waals surface area contributed by atoms with Crippen molar-refractivity contribution < 1.29 is 137 Å². The van der Waals surface area contributed by atoms with E-state index in [1.54, 1.807) is 13.8 Å². The smallest absolute Gasteiger partial charge is 0.871 e. The average Bonchev–Trinajstić information content (AvgIpc) is 2.97. The van der Waals surface area contributed by atoms with E-state index in [4.69, 9.17) is 4.74 Å². The van der Waals surface area contributed by atoms with Crippen LogP contribution in [0.5, 0.6) is 11.8 Å². The summed E-state index contributed by atoms with van der Waals surface area (Å²) in [5, 5.41) is 19.7. The van der Waals surface area contributed by atoms with Crippen LogP contribution in [0.2, 0.25) is 0 Å². The third-order valence-corrected chi connectivity index (χ3v) is 9.37. The minimum Gasteiger partial charge on any atom is -0.871 e. The summed E-state index contributed by atoms with van der Waals surface area (Å²) >= 11 is 0. The van der Waals surface area contributed by atoms with Gasteiger partial charge in [-0.3, -0.25) is 9.54 Å². The second kappa shape index (κ2) is 17.0. The maximum atomic E-state index is 13.5. The zero-order valence-electron chi connectivity index (χ0n) is 27.7. The second-order valence-electron chi connectivity index (χ2n) is 10.3. The van der Waals surface area contributed by atoms with Gasteiger partial charge in [0.1, 0.15) is 30.8 Å². The Balaban J connectivity index is 0.00000300. The van der Waals surface area contributed by atoms with E-state index in [0.717, 1.165) is 36.4 Å². The molecule has 24 heteroatoms. The number of benzene rings is 4. The molecule has 0 saturated carbocycles. The molecular formula is C27H21N6Na3O12S3. The minimum absolute atomic E-state index is 0. The first kappa shape index (κ1) is 45.1. The number of anilines is 2. The molecule has 0 aliphatic rings. The Morgan fingerprint density at radius 1 is 0.843 bits per heavy atom. The summed E-state index contributed by atoms with van der Waals surface area (Å²) in [6.07, 6.45) is -0.351. The van der Waals surface area contributed by atoms with Crippen LogP contribution in [0, 0.1) is 0 Å². The summed E-state index contributed by atoms with van der Waals surface area (Å²) in [6.45, 7) is 3.39. The minimum atomic E-state index is -5.43. The molecule has 2 N–H and O–H groups in total. The third kappa shape index (κ3) is 9.93. The van der Waals surface area contributed by atoms with Crippen LogP contribution in [0.15, 0.2) is 84.3 Å². The molecule has 0 fully saturated rings. The molecule has 0 bridgehead atoms. The van der Waals surface area contributed by atoms with E-state index in [0.29, 0.717) is 0 Å². The number of rotatable bonds is 9. The van der Waals surface area contributed by atoms with Gasteiger partial charge in [-0.05, 0) is 55.0 Å². The fourth-order valence-corrected chi connectivity index (χ4v) is 6.84. The Morgan fingerprint density at radius 2 is 1.47 bits per heavy atom. The molecule has 0 atom stereocenters. The Labute approximate surface area is 356 Å².